The number of rotatable bonds is 4. The summed E-state index contributed by atoms with van der Waals surface area (Å²) in [6.07, 6.45) is 1.78. The van der Waals surface area contributed by atoms with Crippen molar-refractivity contribution in [1.29, 1.82) is 0 Å². The van der Waals surface area contributed by atoms with E-state index in [-0.39, 0.29) is 30.5 Å². The van der Waals surface area contributed by atoms with E-state index in [4.69, 9.17) is 10.5 Å². The number of nitrogens with two attached hydrogens (primary N) is 1. The molecule has 0 radical (unpaired) electrons. The van der Waals surface area contributed by atoms with Crippen molar-refractivity contribution in [2.45, 2.75) is 38.8 Å². The van der Waals surface area contributed by atoms with Gasteiger partial charge in [0.25, 0.3) is 0 Å². The zero-order valence-corrected chi connectivity index (χ0v) is 10.3. The second-order valence-electron chi connectivity index (χ2n) is 3.72. The Morgan fingerprint density at radius 1 is 1.60 bits per heavy atom. The van der Waals surface area contributed by atoms with E-state index in [1.807, 2.05) is 13.8 Å². The summed E-state index contributed by atoms with van der Waals surface area (Å²) in [4.78, 5) is 13.7. The number of halogens is 1. The smallest absolute Gasteiger partial charge is 0.323 e. The molecule has 1 aliphatic rings. The molecule has 1 unspecified atom stereocenters. The fourth-order valence-corrected chi connectivity index (χ4v) is 1.91. The first-order chi connectivity index (χ1) is 6.69. The number of ether oxygens (including phenoxy) is 1. The highest BCUT2D eigenvalue weighted by Crippen LogP contribution is 2.14. The SMILES string of the molecule is CCOC(=O)C(CC)N1CC[C@@H](N)C1.Cl. The first-order valence-electron chi connectivity index (χ1n) is 5.35. The van der Waals surface area contributed by atoms with Gasteiger partial charge in [-0.15, -0.1) is 12.4 Å². The summed E-state index contributed by atoms with van der Waals surface area (Å²) in [5.41, 5.74) is 5.80. The third-order valence-electron chi connectivity index (χ3n) is 2.64. The topological polar surface area (TPSA) is 55.6 Å². The van der Waals surface area contributed by atoms with E-state index < -0.39 is 0 Å². The fraction of sp³-hybridized carbons (Fsp3) is 0.900. The first-order valence-corrected chi connectivity index (χ1v) is 5.35. The van der Waals surface area contributed by atoms with Crippen LogP contribution < -0.4 is 5.73 Å². The van der Waals surface area contributed by atoms with Crippen LogP contribution in [0.25, 0.3) is 0 Å². The summed E-state index contributed by atoms with van der Waals surface area (Å²) in [6.45, 7) is 6.02. The monoisotopic (exact) mass is 236 g/mol. The van der Waals surface area contributed by atoms with E-state index in [2.05, 4.69) is 4.90 Å². The molecule has 90 valence electrons. The lowest BCUT2D eigenvalue weighted by atomic mass is 10.2. The molecule has 0 saturated carbocycles. The van der Waals surface area contributed by atoms with Crippen LogP contribution in [0.5, 0.6) is 0 Å². The molecule has 1 fully saturated rings. The standard InChI is InChI=1S/C10H20N2O2.ClH/c1-3-9(10(13)14-4-2)12-6-5-8(11)7-12;/h8-9H,3-7,11H2,1-2H3;1H/t8-,9?;/m1./s1. The quantitative estimate of drug-likeness (QED) is 0.734. The van der Waals surface area contributed by atoms with Crippen LogP contribution in [0.15, 0.2) is 0 Å². The molecule has 15 heavy (non-hydrogen) atoms. The van der Waals surface area contributed by atoms with Gasteiger partial charge in [-0.2, -0.15) is 0 Å². The van der Waals surface area contributed by atoms with E-state index in [9.17, 15) is 4.79 Å². The average Bonchev–Trinajstić information content (AvgIpc) is 2.54. The number of carbonyl (C=O) groups excluding carboxylic acids is 1. The van der Waals surface area contributed by atoms with Gasteiger partial charge in [-0.3, -0.25) is 9.69 Å². The number of carbonyl (C=O) groups is 1. The van der Waals surface area contributed by atoms with Crippen molar-refractivity contribution in [3.63, 3.8) is 0 Å². The summed E-state index contributed by atoms with van der Waals surface area (Å²) in [7, 11) is 0. The Hall–Kier alpha value is -0.320. The normalized spacial score (nSPS) is 23.3. The number of likely N-dealkylation sites (tertiary alicyclic amines) is 1. The van der Waals surface area contributed by atoms with Gasteiger partial charge in [0, 0.05) is 19.1 Å². The Balaban J connectivity index is 0.00000196. The molecule has 5 heteroatoms. The second kappa shape index (κ2) is 7.04. The lowest BCUT2D eigenvalue weighted by Crippen LogP contribution is -2.41. The minimum Gasteiger partial charge on any atom is -0.465 e. The van der Waals surface area contributed by atoms with E-state index >= 15 is 0 Å². The molecule has 2 N–H and O–H groups in total. The van der Waals surface area contributed by atoms with Crippen LogP contribution in [0.2, 0.25) is 0 Å². The molecule has 1 saturated heterocycles. The van der Waals surface area contributed by atoms with Crippen molar-refractivity contribution in [3.8, 4) is 0 Å². The summed E-state index contributed by atoms with van der Waals surface area (Å²) >= 11 is 0. The third kappa shape index (κ3) is 3.97. The highest BCUT2D eigenvalue weighted by Gasteiger charge is 2.30. The molecular formula is C10H21ClN2O2. The Kier molecular flexibility index (Phi) is 6.89. The van der Waals surface area contributed by atoms with E-state index in [0.717, 1.165) is 25.9 Å². The second-order valence-corrected chi connectivity index (χ2v) is 3.72. The van der Waals surface area contributed by atoms with Gasteiger partial charge >= 0.3 is 5.97 Å². The molecule has 1 heterocycles. The average molecular weight is 237 g/mol. The molecule has 4 nitrogen and oxygen atoms in total. The molecule has 2 atom stereocenters. The van der Waals surface area contributed by atoms with Gasteiger partial charge in [0.2, 0.25) is 0 Å². The van der Waals surface area contributed by atoms with Crippen molar-refractivity contribution in [1.82, 2.24) is 4.90 Å². The zero-order chi connectivity index (χ0) is 10.6. The highest BCUT2D eigenvalue weighted by atomic mass is 35.5. The largest absolute Gasteiger partial charge is 0.465 e. The van der Waals surface area contributed by atoms with Crippen LogP contribution in [-0.4, -0.2) is 42.6 Å². The van der Waals surface area contributed by atoms with Crippen molar-refractivity contribution in [2.75, 3.05) is 19.7 Å². The summed E-state index contributed by atoms with van der Waals surface area (Å²) in [5.74, 6) is -0.107. The van der Waals surface area contributed by atoms with Crippen LogP contribution in [0.3, 0.4) is 0 Å². The van der Waals surface area contributed by atoms with Gasteiger partial charge in [0.1, 0.15) is 6.04 Å². The summed E-state index contributed by atoms with van der Waals surface area (Å²) in [6, 6.07) is 0.127. The lowest BCUT2D eigenvalue weighted by Gasteiger charge is -2.24. The molecule has 1 rings (SSSR count). The number of esters is 1. The molecule has 0 aliphatic carbocycles. The van der Waals surface area contributed by atoms with Crippen LogP contribution in [0, 0.1) is 0 Å². The lowest BCUT2D eigenvalue weighted by molar-refractivity contribution is -0.149. The fourth-order valence-electron chi connectivity index (χ4n) is 1.91. The number of hydrogen-bond donors (Lipinski definition) is 1. The zero-order valence-electron chi connectivity index (χ0n) is 9.44. The Morgan fingerprint density at radius 2 is 2.27 bits per heavy atom. The maximum atomic E-state index is 11.6. The van der Waals surface area contributed by atoms with E-state index in [0.29, 0.717) is 6.61 Å². The minimum atomic E-state index is -0.107. The summed E-state index contributed by atoms with van der Waals surface area (Å²) in [5, 5.41) is 0. The van der Waals surface area contributed by atoms with Crippen LogP contribution >= 0.6 is 12.4 Å². The van der Waals surface area contributed by atoms with Crippen LogP contribution in [-0.2, 0) is 9.53 Å². The van der Waals surface area contributed by atoms with E-state index in [1.54, 1.807) is 0 Å². The minimum absolute atomic E-state index is 0. The predicted molar refractivity (Wildman–Crippen MR) is 62.1 cm³/mol. The third-order valence-corrected chi connectivity index (χ3v) is 2.64. The Morgan fingerprint density at radius 3 is 2.67 bits per heavy atom. The van der Waals surface area contributed by atoms with Gasteiger partial charge in [-0.1, -0.05) is 6.92 Å². The molecule has 1 aliphatic heterocycles. The predicted octanol–water partition coefficient (Wildman–Crippen LogP) is 0.783. The van der Waals surface area contributed by atoms with Gasteiger partial charge in [-0.25, -0.2) is 0 Å². The van der Waals surface area contributed by atoms with Gasteiger partial charge < -0.3 is 10.5 Å². The van der Waals surface area contributed by atoms with Crippen LogP contribution in [0.4, 0.5) is 0 Å². The van der Waals surface area contributed by atoms with Crippen molar-refractivity contribution >= 4 is 18.4 Å². The molecule has 0 bridgehead atoms. The molecule has 0 aromatic heterocycles. The number of nitrogens with zero attached hydrogens (tertiary/aromatic N) is 1. The van der Waals surface area contributed by atoms with Crippen molar-refractivity contribution in [2.24, 2.45) is 5.73 Å². The highest BCUT2D eigenvalue weighted by molar-refractivity contribution is 5.85. The van der Waals surface area contributed by atoms with Crippen molar-refractivity contribution < 1.29 is 9.53 Å². The molecule has 0 amide bonds. The maximum Gasteiger partial charge on any atom is 0.323 e. The maximum absolute atomic E-state index is 11.6. The summed E-state index contributed by atoms with van der Waals surface area (Å²) < 4.78 is 5.02. The van der Waals surface area contributed by atoms with Gasteiger partial charge in [0.15, 0.2) is 0 Å². The van der Waals surface area contributed by atoms with Crippen LogP contribution in [0.1, 0.15) is 26.7 Å². The van der Waals surface area contributed by atoms with E-state index in [1.165, 1.54) is 0 Å². The Labute approximate surface area is 97.5 Å². The molecule has 0 aromatic carbocycles. The first kappa shape index (κ1) is 14.7. The van der Waals surface area contributed by atoms with Gasteiger partial charge in [0.05, 0.1) is 6.61 Å². The molecule has 0 spiro atoms. The van der Waals surface area contributed by atoms with Crippen molar-refractivity contribution in [3.05, 3.63) is 0 Å². The Bertz CT molecular complexity index is 202. The molecular weight excluding hydrogens is 216 g/mol. The number of hydrogen-bond acceptors (Lipinski definition) is 4. The molecule has 0 aromatic rings. The van der Waals surface area contributed by atoms with Gasteiger partial charge in [-0.05, 0) is 19.8 Å².